The molecule has 6 heteroatoms. The van der Waals surface area contributed by atoms with Gasteiger partial charge in [-0.1, -0.05) is 48.3 Å². The predicted octanol–water partition coefficient (Wildman–Crippen LogP) is 4.08. The van der Waals surface area contributed by atoms with E-state index in [2.05, 4.69) is 17.5 Å². The first-order chi connectivity index (χ1) is 11.1. The van der Waals surface area contributed by atoms with Gasteiger partial charge >= 0.3 is 0 Å². The van der Waals surface area contributed by atoms with E-state index in [-0.39, 0.29) is 12.5 Å². The van der Waals surface area contributed by atoms with Crippen LogP contribution in [0.4, 0.5) is 0 Å². The SMILES string of the molecule is CCc1cccc(OCC(=O)N/N=C/c2ccc(Cl)c(Cl)c2)c1. The molecule has 4 nitrogen and oxygen atoms in total. The number of aryl methyl sites for hydroxylation is 1. The fraction of sp³-hybridized carbons (Fsp3) is 0.176. The molecule has 2 rings (SSSR count). The van der Waals surface area contributed by atoms with Crippen LogP contribution in [0.3, 0.4) is 0 Å². The molecule has 0 unspecified atom stereocenters. The number of nitrogens with one attached hydrogen (secondary N) is 1. The molecule has 1 N–H and O–H groups in total. The molecule has 0 atom stereocenters. The number of hydrogen-bond donors (Lipinski definition) is 1. The lowest BCUT2D eigenvalue weighted by Crippen LogP contribution is -2.24. The summed E-state index contributed by atoms with van der Waals surface area (Å²) in [6.45, 7) is 1.95. The number of hydrazone groups is 1. The first kappa shape index (κ1) is 17.3. The van der Waals surface area contributed by atoms with Crippen molar-refractivity contribution in [1.29, 1.82) is 0 Å². The summed E-state index contributed by atoms with van der Waals surface area (Å²) >= 11 is 11.7. The molecule has 0 fully saturated rings. The number of carbonyl (C=O) groups is 1. The third kappa shape index (κ3) is 5.58. The van der Waals surface area contributed by atoms with E-state index in [0.717, 1.165) is 17.5 Å². The third-order valence-corrected chi connectivity index (χ3v) is 3.76. The monoisotopic (exact) mass is 350 g/mol. The van der Waals surface area contributed by atoms with E-state index >= 15 is 0 Å². The number of nitrogens with zero attached hydrogens (tertiary/aromatic N) is 1. The Kier molecular flexibility index (Phi) is 6.44. The molecule has 0 saturated heterocycles. The van der Waals surface area contributed by atoms with Crippen molar-refractivity contribution >= 4 is 35.3 Å². The third-order valence-electron chi connectivity index (χ3n) is 3.02. The molecule has 0 saturated carbocycles. The molecular weight excluding hydrogens is 335 g/mol. The Hall–Kier alpha value is -2.04. The van der Waals surface area contributed by atoms with Crippen LogP contribution in [0.1, 0.15) is 18.1 Å². The average molecular weight is 351 g/mol. The molecule has 0 aliphatic carbocycles. The zero-order valence-corrected chi connectivity index (χ0v) is 14.1. The highest BCUT2D eigenvalue weighted by atomic mass is 35.5. The summed E-state index contributed by atoms with van der Waals surface area (Å²) in [5.74, 6) is 0.316. The molecule has 0 radical (unpaired) electrons. The zero-order valence-electron chi connectivity index (χ0n) is 12.6. The van der Waals surface area contributed by atoms with Crippen LogP contribution >= 0.6 is 23.2 Å². The lowest BCUT2D eigenvalue weighted by Gasteiger charge is -2.06. The lowest BCUT2D eigenvalue weighted by atomic mass is 10.2. The van der Waals surface area contributed by atoms with Crippen molar-refractivity contribution in [3.05, 3.63) is 63.6 Å². The van der Waals surface area contributed by atoms with Gasteiger partial charge in [-0.05, 0) is 41.8 Å². The second-order valence-electron chi connectivity index (χ2n) is 4.76. The van der Waals surface area contributed by atoms with E-state index in [1.807, 2.05) is 24.3 Å². The number of amides is 1. The minimum Gasteiger partial charge on any atom is -0.484 e. The van der Waals surface area contributed by atoms with Gasteiger partial charge in [-0.2, -0.15) is 5.10 Å². The second kappa shape index (κ2) is 8.56. The maximum absolute atomic E-state index is 11.7. The van der Waals surface area contributed by atoms with Gasteiger partial charge in [0.05, 0.1) is 16.3 Å². The first-order valence-electron chi connectivity index (χ1n) is 7.07. The van der Waals surface area contributed by atoms with Gasteiger partial charge < -0.3 is 4.74 Å². The molecule has 0 aliphatic rings. The number of hydrogen-bond acceptors (Lipinski definition) is 3. The summed E-state index contributed by atoms with van der Waals surface area (Å²) < 4.78 is 5.42. The van der Waals surface area contributed by atoms with Crippen LogP contribution < -0.4 is 10.2 Å². The van der Waals surface area contributed by atoms with Crippen molar-refractivity contribution in [3.8, 4) is 5.75 Å². The summed E-state index contributed by atoms with van der Waals surface area (Å²) in [6.07, 6.45) is 2.40. The van der Waals surface area contributed by atoms with Crippen LogP contribution in [0.25, 0.3) is 0 Å². The predicted molar refractivity (Wildman–Crippen MR) is 93.5 cm³/mol. The number of ether oxygens (including phenoxy) is 1. The molecule has 23 heavy (non-hydrogen) atoms. The number of rotatable bonds is 6. The van der Waals surface area contributed by atoms with Crippen LogP contribution in [0, 0.1) is 0 Å². The molecule has 0 heterocycles. The standard InChI is InChI=1S/C17H16Cl2N2O2/c1-2-12-4-3-5-14(8-12)23-11-17(22)21-20-10-13-6-7-15(18)16(19)9-13/h3-10H,2,11H2,1H3,(H,21,22)/b20-10+. The van der Waals surface area contributed by atoms with E-state index in [0.29, 0.717) is 15.8 Å². The van der Waals surface area contributed by atoms with Crippen molar-refractivity contribution in [2.45, 2.75) is 13.3 Å². The van der Waals surface area contributed by atoms with Crippen molar-refractivity contribution in [2.75, 3.05) is 6.61 Å². The van der Waals surface area contributed by atoms with Gasteiger partial charge in [0, 0.05) is 0 Å². The molecule has 2 aromatic carbocycles. The minimum absolute atomic E-state index is 0.105. The molecule has 1 amide bonds. The number of halogens is 2. The number of benzene rings is 2. The Morgan fingerprint density at radius 1 is 1.22 bits per heavy atom. The normalized spacial score (nSPS) is 10.7. The van der Waals surface area contributed by atoms with Crippen LogP contribution in [-0.2, 0) is 11.2 Å². The van der Waals surface area contributed by atoms with Crippen LogP contribution in [0.15, 0.2) is 47.6 Å². The topological polar surface area (TPSA) is 50.7 Å². The Balaban J connectivity index is 1.82. The van der Waals surface area contributed by atoms with Gasteiger partial charge in [-0.3, -0.25) is 4.79 Å². The van der Waals surface area contributed by atoms with Crippen LogP contribution in [-0.4, -0.2) is 18.7 Å². The average Bonchev–Trinajstić information content (AvgIpc) is 2.56. The van der Waals surface area contributed by atoms with E-state index in [4.69, 9.17) is 27.9 Å². The van der Waals surface area contributed by atoms with E-state index < -0.39 is 0 Å². The lowest BCUT2D eigenvalue weighted by molar-refractivity contribution is -0.123. The molecule has 0 spiro atoms. The molecule has 0 bridgehead atoms. The summed E-state index contributed by atoms with van der Waals surface area (Å²) in [6, 6.07) is 12.7. The fourth-order valence-corrected chi connectivity index (χ4v) is 2.11. The van der Waals surface area contributed by atoms with Gasteiger partial charge in [-0.25, -0.2) is 5.43 Å². The van der Waals surface area contributed by atoms with Gasteiger partial charge in [-0.15, -0.1) is 0 Å². The highest BCUT2D eigenvalue weighted by molar-refractivity contribution is 6.42. The summed E-state index contributed by atoms with van der Waals surface area (Å²) in [5.41, 5.74) is 4.28. The van der Waals surface area contributed by atoms with Gasteiger partial charge in [0.1, 0.15) is 5.75 Å². The summed E-state index contributed by atoms with van der Waals surface area (Å²) in [4.78, 5) is 11.7. The van der Waals surface area contributed by atoms with Crippen LogP contribution in [0.2, 0.25) is 10.0 Å². The van der Waals surface area contributed by atoms with Crippen molar-refractivity contribution in [2.24, 2.45) is 5.10 Å². The summed E-state index contributed by atoms with van der Waals surface area (Å²) in [7, 11) is 0. The highest BCUT2D eigenvalue weighted by Crippen LogP contribution is 2.21. The molecule has 120 valence electrons. The zero-order chi connectivity index (χ0) is 16.7. The Bertz CT molecular complexity index is 717. The first-order valence-corrected chi connectivity index (χ1v) is 7.82. The van der Waals surface area contributed by atoms with E-state index in [1.165, 1.54) is 6.21 Å². The maximum atomic E-state index is 11.7. The second-order valence-corrected chi connectivity index (χ2v) is 5.57. The quantitative estimate of drug-likeness (QED) is 0.630. The maximum Gasteiger partial charge on any atom is 0.277 e. The smallest absolute Gasteiger partial charge is 0.277 e. The summed E-state index contributed by atoms with van der Waals surface area (Å²) in [5, 5.41) is 4.75. The molecule has 0 aliphatic heterocycles. The van der Waals surface area contributed by atoms with Crippen molar-refractivity contribution < 1.29 is 9.53 Å². The largest absolute Gasteiger partial charge is 0.484 e. The van der Waals surface area contributed by atoms with Gasteiger partial charge in [0.15, 0.2) is 6.61 Å². The van der Waals surface area contributed by atoms with Gasteiger partial charge in [0.25, 0.3) is 5.91 Å². The Labute approximate surface area is 145 Å². The molecular formula is C17H16Cl2N2O2. The van der Waals surface area contributed by atoms with Gasteiger partial charge in [0.2, 0.25) is 0 Å². The highest BCUT2D eigenvalue weighted by Gasteiger charge is 2.02. The van der Waals surface area contributed by atoms with Crippen LogP contribution in [0.5, 0.6) is 5.75 Å². The molecule has 2 aromatic rings. The van der Waals surface area contributed by atoms with E-state index in [1.54, 1.807) is 18.2 Å². The van der Waals surface area contributed by atoms with Crippen molar-refractivity contribution in [1.82, 2.24) is 5.43 Å². The fourth-order valence-electron chi connectivity index (χ4n) is 1.81. The molecule has 0 aromatic heterocycles. The number of carbonyl (C=O) groups excluding carboxylic acids is 1. The minimum atomic E-state index is -0.344. The van der Waals surface area contributed by atoms with E-state index in [9.17, 15) is 4.79 Å². The Morgan fingerprint density at radius 3 is 2.78 bits per heavy atom. The Morgan fingerprint density at radius 2 is 2.04 bits per heavy atom. The van der Waals surface area contributed by atoms with Crippen molar-refractivity contribution in [3.63, 3.8) is 0 Å².